The summed E-state index contributed by atoms with van der Waals surface area (Å²) < 4.78 is 7.95. The minimum atomic E-state index is 0.605. The number of fused-ring (bicyclic) bond motifs is 1. The van der Waals surface area contributed by atoms with E-state index in [1.54, 1.807) is 7.11 Å². The number of nitrogens with zero attached hydrogens (tertiary/aromatic N) is 3. The van der Waals surface area contributed by atoms with E-state index in [0.717, 1.165) is 22.3 Å². The molecule has 5 heteroatoms. The van der Waals surface area contributed by atoms with Gasteiger partial charge >= 0.3 is 0 Å². The maximum Gasteiger partial charge on any atom is 0.238 e. The summed E-state index contributed by atoms with van der Waals surface area (Å²) in [5, 5.41) is 0. The Hall–Kier alpha value is -1.10. The fourth-order valence-corrected chi connectivity index (χ4v) is 2.19. The molecule has 0 saturated carbocycles. The summed E-state index contributed by atoms with van der Waals surface area (Å²) in [5.41, 5.74) is 2.18. The molecule has 0 N–H and O–H groups in total. The van der Waals surface area contributed by atoms with Crippen molar-refractivity contribution in [2.75, 3.05) is 7.11 Å². The number of methoxy groups -OCH3 is 1. The lowest BCUT2D eigenvalue weighted by molar-refractivity contribution is 0.392. The van der Waals surface area contributed by atoms with Crippen LogP contribution in [0.2, 0.25) is 0 Å². The normalized spacial score (nSPS) is 10.9. The Bertz CT molecular complexity index is 507. The zero-order valence-corrected chi connectivity index (χ0v) is 10.4. The van der Waals surface area contributed by atoms with Crippen molar-refractivity contribution >= 4 is 21.7 Å². The highest BCUT2D eigenvalue weighted by molar-refractivity contribution is 9.10. The molecule has 0 aliphatic heterocycles. The van der Waals surface area contributed by atoms with Crippen LogP contribution in [0.5, 0.6) is 5.88 Å². The molecule has 0 atom stereocenters. The van der Waals surface area contributed by atoms with Crippen molar-refractivity contribution in [3.05, 3.63) is 22.1 Å². The van der Waals surface area contributed by atoms with Crippen LogP contribution in [0, 0.1) is 13.1 Å². The van der Waals surface area contributed by atoms with Gasteiger partial charge in [-0.05, 0) is 29.3 Å². The van der Waals surface area contributed by atoms with Gasteiger partial charge in [0.1, 0.15) is 10.8 Å². The topological polar surface area (TPSA) is 39.4 Å². The Balaban J connectivity index is 2.84. The van der Waals surface area contributed by atoms with Crippen LogP contribution < -0.4 is 4.74 Å². The Morgan fingerprint density at radius 1 is 1.53 bits per heavy atom. The van der Waals surface area contributed by atoms with E-state index < -0.39 is 0 Å². The van der Waals surface area contributed by atoms with Crippen molar-refractivity contribution in [1.82, 2.24) is 14.4 Å². The molecule has 4 nitrogen and oxygen atoms in total. The van der Waals surface area contributed by atoms with E-state index in [-0.39, 0.29) is 0 Å². The van der Waals surface area contributed by atoms with Gasteiger partial charge in [-0.25, -0.2) is 4.98 Å². The number of hydrogen-bond acceptors (Lipinski definition) is 3. The second kappa shape index (κ2) is 3.81. The summed E-state index contributed by atoms with van der Waals surface area (Å²) in [4.78, 5) is 8.38. The highest BCUT2D eigenvalue weighted by Crippen LogP contribution is 2.24. The SMILES string of the molecule is CCc1c(OC)nc2n[c]c(Br)n2c1C. The summed E-state index contributed by atoms with van der Waals surface area (Å²) in [6.07, 6.45) is 3.71. The molecule has 2 aromatic heterocycles. The molecule has 79 valence electrons. The number of imidazole rings is 1. The summed E-state index contributed by atoms with van der Waals surface area (Å²) >= 11 is 3.39. The maximum atomic E-state index is 5.24. The van der Waals surface area contributed by atoms with Gasteiger partial charge in [-0.3, -0.25) is 4.40 Å². The van der Waals surface area contributed by atoms with Crippen molar-refractivity contribution < 1.29 is 4.74 Å². The van der Waals surface area contributed by atoms with E-state index in [0.29, 0.717) is 11.7 Å². The van der Waals surface area contributed by atoms with E-state index in [1.165, 1.54) is 0 Å². The zero-order chi connectivity index (χ0) is 11.0. The van der Waals surface area contributed by atoms with Gasteiger partial charge in [0.05, 0.1) is 7.11 Å². The van der Waals surface area contributed by atoms with Crippen molar-refractivity contribution in [3.8, 4) is 5.88 Å². The first-order chi connectivity index (χ1) is 7.19. The summed E-state index contributed by atoms with van der Waals surface area (Å²) in [5.74, 6) is 1.25. The fraction of sp³-hybridized carbons (Fsp3) is 0.400. The monoisotopic (exact) mass is 268 g/mol. The van der Waals surface area contributed by atoms with E-state index in [1.807, 2.05) is 11.3 Å². The van der Waals surface area contributed by atoms with Crippen LogP contribution in [0.15, 0.2) is 4.60 Å². The van der Waals surface area contributed by atoms with Crippen molar-refractivity contribution in [2.24, 2.45) is 0 Å². The highest BCUT2D eigenvalue weighted by atomic mass is 79.9. The highest BCUT2D eigenvalue weighted by Gasteiger charge is 2.13. The second-order valence-corrected chi connectivity index (χ2v) is 3.94. The number of ether oxygens (including phenoxy) is 1. The largest absolute Gasteiger partial charge is 0.481 e. The third kappa shape index (κ3) is 1.51. The summed E-state index contributed by atoms with van der Waals surface area (Å²) in [6.45, 7) is 4.10. The molecule has 0 aliphatic rings. The fourth-order valence-electron chi connectivity index (χ4n) is 1.68. The van der Waals surface area contributed by atoms with Gasteiger partial charge in [-0.15, -0.1) is 0 Å². The smallest absolute Gasteiger partial charge is 0.238 e. The minimum Gasteiger partial charge on any atom is -0.481 e. The lowest BCUT2D eigenvalue weighted by Gasteiger charge is -2.10. The van der Waals surface area contributed by atoms with Crippen LogP contribution in [-0.2, 0) is 6.42 Å². The molecule has 2 rings (SSSR count). The number of halogens is 1. The third-order valence-electron chi connectivity index (χ3n) is 2.42. The molecule has 15 heavy (non-hydrogen) atoms. The summed E-state index contributed by atoms with van der Waals surface area (Å²) in [6, 6.07) is 0. The van der Waals surface area contributed by atoms with E-state index in [2.05, 4.69) is 39.0 Å². The van der Waals surface area contributed by atoms with Crippen LogP contribution in [0.25, 0.3) is 5.78 Å². The average molecular weight is 269 g/mol. The van der Waals surface area contributed by atoms with Gasteiger partial charge in [-0.2, -0.15) is 4.98 Å². The first-order valence-corrected chi connectivity index (χ1v) is 5.47. The second-order valence-electron chi connectivity index (χ2n) is 3.19. The van der Waals surface area contributed by atoms with Crippen molar-refractivity contribution in [1.29, 1.82) is 0 Å². The molecule has 2 heterocycles. The van der Waals surface area contributed by atoms with Crippen LogP contribution >= 0.6 is 15.9 Å². The molecule has 0 bridgehead atoms. The number of rotatable bonds is 2. The molecular formula is C10H11BrN3O. The molecule has 0 amide bonds. The molecule has 0 aliphatic carbocycles. The standard InChI is InChI=1S/C10H11BrN3O/c1-4-7-6(2)14-8(11)5-12-10(14)13-9(7)15-3/h4H2,1-3H3. The molecule has 0 unspecified atom stereocenters. The van der Waals surface area contributed by atoms with E-state index >= 15 is 0 Å². The number of aryl methyl sites for hydroxylation is 1. The Morgan fingerprint density at radius 2 is 2.27 bits per heavy atom. The first-order valence-electron chi connectivity index (χ1n) is 4.68. The quantitative estimate of drug-likeness (QED) is 0.838. The van der Waals surface area contributed by atoms with Gasteiger partial charge in [-0.1, -0.05) is 6.92 Å². The predicted molar refractivity (Wildman–Crippen MR) is 60.2 cm³/mol. The van der Waals surface area contributed by atoms with Crippen molar-refractivity contribution in [3.63, 3.8) is 0 Å². The van der Waals surface area contributed by atoms with Crippen LogP contribution in [0.4, 0.5) is 0 Å². The van der Waals surface area contributed by atoms with Gasteiger partial charge in [0, 0.05) is 11.3 Å². The molecule has 1 radical (unpaired) electrons. The van der Waals surface area contributed by atoms with Gasteiger partial charge in [0.25, 0.3) is 0 Å². The van der Waals surface area contributed by atoms with E-state index in [4.69, 9.17) is 4.74 Å². The van der Waals surface area contributed by atoms with Gasteiger partial charge in [0.2, 0.25) is 11.7 Å². The number of hydrogen-bond donors (Lipinski definition) is 0. The van der Waals surface area contributed by atoms with Crippen LogP contribution in [-0.4, -0.2) is 21.5 Å². The Kier molecular flexibility index (Phi) is 2.65. The first kappa shape index (κ1) is 10.4. The molecule has 0 aromatic carbocycles. The van der Waals surface area contributed by atoms with Gasteiger partial charge < -0.3 is 4.74 Å². The molecular weight excluding hydrogens is 258 g/mol. The molecule has 0 spiro atoms. The summed E-state index contributed by atoms with van der Waals surface area (Å²) in [7, 11) is 1.62. The average Bonchev–Trinajstić information content (AvgIpc) is 2.60. The zero-order valence-electron chi connectivity index (χ0n) is 8.83. The van der Waals surface area contributed by atoms with Crippen LogP contribution in [0.3, 0.4) is 0 Å². The Labute approximate surface area is 96.4 Å². The molecule has 2 aromatic rings. The Morgan fingerprint density at radius 3 is 2.87 bits per heavy atom. The third-order valence-corrected chi connectivity index (χ3v) is 2.96. The molecule has 0 fully saturated rings. The number of aromatic nitrogens is 3. The lowest BCUT2D eigenvalue weighted by atomic mass is 10.2. The molecule has 0 saturated heterocycles. The van der Waals surface area contributed by atoms with E-state index in [9.17, 15) is 0 Å². The predicted octanol–water partition coefficient (Wildman–Crippen LogP) is 2.17. The van der Waals surface area contributed by atoms with Crippen LogP contribution in [0.1, 0.15) is 18.2 Å². The lowest BCUT2D eigenvalue weighted by Crippen LogP contribution is -2.04. The maximum absolute atomic E-state index is 5.24. The van der Waals surface area contributed by atoms with Crippen molar-refractivity contribution in [2.45, 2.75) is 20.3 Å². The minimum absolute atomic E-state index is 0.605. The van der Waals surface area contributed by atoms with Gasteiger partial charge in [0.15, 0.2) is 0 Å².